The van der Waals surface area contributed by atoms with Gasteiger partial charge >= 0.3 is 0 Å². The Morgan fingerprint density at radius 1 is 1.04 bits per heavy atom. The molecule has 2 aromatic carbocycles. The largest absolute Gasteiger partial charge is 0.390 e. The lowest BCUT2D eigenvalue weighted by Crippen LogP contribution is -2.18. The molecule has 28 heavy (non-hydrogen) atoms. The van der Waals surface area contributed by atoms with Gasteiger partial charge in [0.05, 0.1) is 10.5 Å². The molecule has 0 radical (unpaired) electrons. The van der Waals surface area contributed by atoms with Gasteiger partial charge in [0, 0.05) is 12.0 Å². The minimum Gasteiger partial charge on any atom is -0.390 e. The number of hydrogen-bond donors (Lipinski definition) is 2. The van der Waals surface area contributed by atoms with Crippen LogP contribution < -0.4 is 4.72 Å². The SMILES string of the molecule is CC(C)(O)CCCc1onc(-c2ccccc2)c1NS(=O)(=O)c1ccccc1. The van der Waals surface area contributed by atoms with Crippen LogP contribution in [-0.4, -0.2) is 24.3 Å². The standard InChI is InChI=1S/C21H24N2O4S/c1-21(2,24)15-9-14-18-20(19(22-27-18)16-10-5-3-6-11-16)23-28(25,26)17-12-7-4-8-13-17/h3-8,10-13,23-24H,9,14-15H2,1-2H3. The third-order valence-corrected chi connectivity index (χ3v) is 5.66. The van der Waals surface area contributed by atoms with Crippen LogP contribution in [0.3, 0.4) is 0 Å². The highest BCUT2D eigenvalue weighted by molar-refractivity contribution is 7.92. The van der Waals surface area contributed by atoms with E-state index in [1.165, 1.54) is 12.1 Å². The first-order chi connectivity index (χ1) is 13.3. The van der Waals surface area contributed by atoms with E-state index in [2.05, 4.69) is 9.88 Å². The topological polar surface area (TPSA) is 92.4 Å². The molecule has 0 aliphatic heterocycles. The number of benzene rings is 2. The average molecular weight is 401 g/mol. The summed E-state index contributed by atoms with van der Waals surface area (Å²) in [6, 6.07) is 17.4. The van der Waals surface area contributed by atoms with Crippen molar-refractivity contribution in [3.05, 3.63) is 66.4 Å². The van der Waals surface area contributed by atoms with Gasteiger partial charge in [0.2, 0.25) is 0 Å². The Morgan fingerprint density at radius 2 is 1.64 bits per heavy atom. The molecule has 0 saturated carbocycles. The van der Waals surface area contributed by atoms with Crippen molar-refractivity contribution in [1.29, 1.82) is 0 Å². The summed E-state index contributed by atoms with van der Waals surface area (Å²) in [5.74, 6) is 0.447. The second-order valence-electron chi connectivity index (χ2n) is 7.28. The van der Waals surface area contributed by atoms with Crippen LogP contribution in [0.1, 0.15) is 32.4 Å². The second kappa shape index (κ2) is 8.16. The van der Waals surface area contributed by atoms with Crippen LogP contribution >= 0.6 is 0 Å². The fraction of sp³-hybridized carbons (Fsp3) is 0.286. The van der Waals surface area contributed by atoms with Gasteiger partial charge in [0.15, 0.2) is 5.76 Å². The Labute approximate surface area is 165 Å². The molecular weight excluding hydrogens is 376 g/mol. The van der Waals surface area contributed by atoms with Gasteiger partial charge in [-0.3, -0.25) is 4.72 Å². The molecule has 7 heteroatoms. The quantitative estimate of drug-likeness (QED) is 0.590. The molecular formula is C21H24N2O4S. The molecule has 148 valence electrons. The summed E-state index contributed by atoms with van der Waals surface area (Å²) in [4.78, 5) is 0.164. The van der Waals surface area contributed by atoms with Crippen LogP contribution in [0.5, 0.6) is 0 Å². The Hall–Kier alpha value is -2.64. The van der Waals surface area contributed by atoms with E-state index in [0.29, 0.717) is 36.4 Å². The van der Waals surface area contributed by atoms with Crippen LogP contribution in [0, 0.1) is 0 Å². The Bertz CT molecular complexity index is 1010. The first kappa shape index (κ1) is 20.1. The molecule has 3 rings (SSSR count). The number of sulfonamides is 1. The van der Waals surface area contributed by atoms with E-state index in [-0.39, 0.29) is 4.90 Å². The van der Waals surface area contributed by atoms with Crippen molar-refractivity contribution in [3.8, 4) is 11.3 Å². The summed E-state index contributed by atoms with van der Waals surface area (Å²) >= 11 is 0. The first-order valence-corrected chi connectivity index (χ1v) is 10.6. The minimum absolute atomic E-state index is 0.164. The lowest BCUT2D eigenvalue weighted by Gasteiger charge is -2.16. The van der Waals surface area contributed by atoms with Gasteiger partial charge in [-0.2, -0.15) is 0 Å². The van der Waals surface area contributed by atoms with Gasteiger partial charge < -0.3 is 9.63 Å². The van der Waals surface area contributed by atoms with Crippen molar-refractivity contribution in [2.75, 3.05) is 4.72 Å². The molecule has 1 aromatic heterocycles. The highest BCUT2D eigenvalue weighted by atomic mass is 32.2. The number of nitrogens with one attached hydrogen (secondary N) is 1. The highest BCUT2D eigenvalue weighted by Gasteiger charge is 2.24. The lowest BCUT2D eigenvalue weighted by atomic mass is 10.0. The Balaban J connectivity index is 1.95. The maximum Gasteiger partial charge on any atom is 0.262 e. The van der Waals surface area contributed by atoms with Gasteiger partial charge in [0.25, 0.3) is 10.0 Å². The molecule has 0 amide bonds. The normalized spacial score (nSPS) is 12.1. The number of aromatic nitrogens is 1. The Morgan fingerprint density at radius 3 is 2.25 bits per heavy atom. The van der Waals surface area contributed by atoms with Crippen molar-refractivity contribution in [2.45, 2.75) is 43.6 Å². The van der Waals surface area contributed by atoms with E-state index >= 15 is 0 Å². The number of rotatable bonds is 8. The van der Waals surface area contributed by atoms with E-state index < -0.39 is 15.6 Å². The van der Waals surface area contributed by atoms with E-state index in [0.717, 1.165) is 5.56 Å². The molecule has 0 atom stereocenters. The predicted molar refractivity (Wildman–Crippen MR) is 108 cm³/mol. The second-order valence-corrected chi connectivity index (χ2v) is 8.96. The minimum atomic E-state index is -3.79. The highest BCUT2D eigenvalue weighted by Crippen LogP contribution is 2.33. The van der Waals surface area contributed by atoms with Gasteiger partial charge in [-0.15, -0.1) is 0 Å². The molecule has 3 aromatic rings. The molecule has 0 spiro atoms. The number of anilines is 1. The summed E-state index contributed by atoms with van der Waals surface area (Å²) in [7, 11) is -3.79. The molecule has 0 aliphatic carbocycles. The zero-order valence-corrected chi connectivity index (χ0v) is 16.7. The summed E-state index contributed by atoms with van der Waals surface area (Å²) < 4.78 is 33.8. The first-order valence-electron chi connectivity index (χ1n) is 9.10. The number of aryl methyl sites for hydroxylation is 1. The maximum atomic E-state index is 12.8. The van der Waals surface area contributed by atoms with E-state index in [9.17, 15) is 13.5 Å². The predicted octanol–water partition coefficient (Wildman–Crippen LogP) is 4.24. The van der Waals surface area contributed by atoms with Crippen molar-refractivity contribution < 1.29 is 18.0 Å². The van der Waals surface area contributed by atoms with E-state index in [1.807, 2.05) is 30.3 Å². The number of aliphatic hydroxyl groups is 1. The van der Waals surface area contributed by atoms with E-state index in [1.54, 1.807) is 32.0 Å². The average Bonchev–Trinajstić information content (AvgIpc) is 3.04. The molecule has 0 fully saturated rings. The third-order valence-electron chi connectivity index (χ3n) is 4.29. The van der Waals surface area contributed by atoms with Gasteiger partial charge in [0.1, 0.15) is 11.4 Å². The molecule has 2 N–H and O–H groups in total. The van der Waals surface area contributed by atoms with Crippen LogP contribution in [-0.2, 0) is 16.4 Å². The summed E-state index contributed by atoms with van der Waals surface area (Å²) in [5, 5.41) is 14.0. The molecule has 0 unspecified atom stereocenters. The van der Waals surface area contributed by atoms with E-state index in [4.69, 9.17) is 4.52 Å². The molecule has 1 heterocycles. The summed E-state index contributed by atoms with van der Waals surface area (Å²) in [6.45, 7) is 3.48. The zero-order valence-electron chi connectivity index (χ0n) is 15.9. The number of nitrogens with zero attached hydrogens (tertiary/aromatic N) is 1. The Kier molecular flexibility index (Phi) is 5.86. The summed E-state index contributed by atoms with van der Waals surface area (Å²) in [5.41, 5.74) is 0.737. The molecule has 0 bridgehead atoms. The lowest BCUT2D eigenvalue weighted by molar-refractivity contribution is 0.0684. The fourth-order valence-electron chi connectivity index (χ4n) is 2.87. The van der Waals surface area contributed by atoms with Crippen LogP contribution in [0.2, 0.25) is 0 Å². The van der Waals surface area contributed by atoms with Gasteiger partial charge in [-0.1, -0.05) is 53.7 Å². The van der Waals surface area contributed by atoms with Crippen molar-refractivity contribution >= 4 is 15.7 Å². The van der Waals surface area contributed by atoms with Crippen LogP contribution in [0.4, 0.5) is 5.69 Å². The third kappa shape index (κ3) is 4.99. The molecule has 6 nitrogen and oxygen atoms in total. The monoisotopic (exact) mass is 400 g/mol. The summed E-state index contributed by atoms with van der Waals surface area (Å²) in [6.07, 6.45) is 1.64. The fourth-order valence-corrected chi connectivity index (χ4v) is 3.98. The molecule has 0 saturated heterocycles. The zero-order chi connectivity index (χ0) is 20.2. The van der Waals surface area contributed by atoms with Gasteiger partial charge in [-0.25, -0.2) is 8.42 Å². The van der Waals surface area contributed by atoms with Crippen LogP contribution in [0.15, 0.2) is 70.1 Å². The van der Waals surface area contributed by atoms with Gasteiger partial charge in [-0.05, 0) is 38.8 Å². The smallest absolute Gasteiger partial charge is 0.262 e. The van der Waals surface area contributed by atoms with Crippen molar-refractivity contribution in [3.63, 3.8) is 0 Å². The maximum absolute atomic E-state index is 12.8. The number of hydrogen-bond acceptors (Lipinski definition) is 5. The van der Waals surface area contributed by atoms with Crippen LogP contribution in [0.25, 0.3) is 11.3 Å². The van der Waals surface area contributed by atoms with Crippen molar-refractivity contribution in [2.24, 2.45) is 0 Å². The van der Waals surface area contributed by atoms with Crippen molar-refractivity contribution in [1.82, 2.24) is 5.16 Å². The molecule has 0 aliphatic rings.